The fraction of sp³-hybridized carbons (Fsp3) is 1.00. The number of nitrogens with one attached hydrogen (secondary N) is 1. The third-order valence-electron chi connectivity index (χ3n) is 4.67. The van der Waals surface area contributed by atoms with Gasteiger partial charge in [-0.05, 0) is 63.3 Å². The molecule has 2 aliphatic carbocycles. The lowest BCUT2D eigenvalue weighted by Crippen LogP contribution is -2.25. The Bertz CT molecular complexity index is 174. The van der Waals surface area contributed by atoms with E-state index in [9.17, 15) is 0 Å². The van der Waals surface area contributed by atoms with Gasteiger partial charge >= 0.3 is 0 Å². The highest BCUT2D eigenvalue weighted by molar-refractivity contribution is 4.90. The monoisotopic (exact) mass is 195 g/mol. The SMILES string of the molecule is CCC(CCC1CC2CCC1C2)NC. The summed E-state index contributed by atoms with van der Waals surface area (Å²) in [4.78, 5) is 0. The molecule has 82 valence electrons. The van der Waals surface area contributed by atoms with Crippen LogP contribution in [0.25, 0.3) is 0 Å². The highest BCUT2D eigenvalue weighted by Crippen LogP contribution is 2.49. The zero-order valence-electron chi connectivity index (χ0n) is 9.76. The van der Waals surface area contributed by atoms with Crippen molar-refractivity contribution in [2.75, 3.05) is 7.05 Å². The van der Waals surface area contributed by atoms with Gasteiger partial charge in [-0.2, -0.15) is 0 Å². The molecule has 0 heterocycles. The molecule has 1 heteroatoms. The molecule has 14 heavy (non-hydrogen) atoms. The second kappa shape index (κ2) is 4.65. The Labute approximate surface area is 88.7 Å². The molecule has 0 saturated heterocycles. The Balaban J connectivity index is 1.71. The highest BCUT2D eigenvalue weighted by Gasteiger charge is 2.38. The number of hydrogen-bond donors (Lipinski definition) is 1. The van der Waals surface area contributed by atoms with Crippen molar-refractivity contribution in [3.63, 3.8) is 0 Å². The van der Waals surface area contributed by atoms with Crippen LogP contribution in [0.3, 0.4) is 0 Å². The summed E-state index contributed by atoms with van der Waals surface area (Å²) in [5.41, 5.74) is 0. The van der Waals surface area contributed by atoms with E-state index < -0.39 is 0 Å². The molecule has 2 bridgehead atoms. The fourth-order valence-electron chi connectivity index (χ4n) is 3.70. The summed E-state index contributed by atoms with van der Waals surface area (Å²) in [6.07, 6.45) is 10.4. The maximum absolute atomic E-state index is 3.42. The zero-order valence-corrected chi connectivity index (χ0v) is 9.76. The first-order valence-corrected chi connectivity index (χ1v) is 6.50. The molecule has 0 spiro atoms. The van der Waals surface area contributed by atoms with Crippen LogP contribution in [0.5, 0.6) is 0 Å². The van der Waals surface area contributed by atoms with Gasteiger partial charge in [-0.1, -0.05) is 13.3 Å². The smallest absolute Gasteiger partial charge is 0.00615 e. The first-order chi connectivity index (χ1) is 6.83. The van der Waals surface area contributed by atoms with Crippen LogP contribution >= 0.6 is 0 Å². The van der Waals surface area contributed by atoms with Gasteiger partial charge in [0.15, 0.2) is 0 Å². The molecule has 2 fully saturated rings. The Hall–Kier alpha value is -0.0400. The van der Waals surface area contributed by atoms with Gasteiger partial charge in [0.2, 0.25) is 0 Å². The minimum absolute atomic E-state index is 0.772. The van der Waals surface area contributed by atoms with E-state index in [2.05, 4.69) is 19.3 Å². The van der Waals surface area contributed by atoms with Gasteiger partial charge in [-0.15, -0.1) is 0 Å². The normalized spacial score (nSPS) is 37.7. The van der Waals surface area contributed by atoms with Crippen molar-refractivity contribution in [3.05, 3.63) is 0 Å². The summed E-state index contributed by atoms with van der Waals surface area (Å²) in [6.45, 7) is 2.29. The van der Waals surface area contributed by atoms with Gasteiger partial charge in [-0.25, -0.2) is 0 Å². The van der Waals surface area contributed by atoms with Crippen LogP contribution in [0.2, 0.25) is 0 Å². The van der Waals surface area contributed by atoms with Crippen molar-refractivity contribution in [3.8, 4) is 0 Å². The van der Waals surface area contributed by atoms with Crippen molar-refractivity contribution in [2.45, 2.75) is 57.9 Å². The van der Waals surface area contributed by atoms with E-state index in [0.29, 0.717) is 0 Å². The van der Waals surface area contributed by atoms with Gasteiger partial charge in [0.05, 0.1) is 0 Å². The Morgan fingerprint density at radius 3 is 2.64 bits per heavy atom. The van der Waals surface area contributed by atoms with E-state index in [0.717, 1.165) is 23.8 Å². The third-order valence-corrected chi connectivity index (χ3v) is 4.67. The van der Waals surface area contributed by atoms with Gasteiger partial charge < -0.3 is 5.32 Å². The van der Waals surface area contributed by atoms with E-state index in [1.807, 2.05) is 0 Å². The van der Waals surface area contributed by atoms with Crippen LogP contribution in [0.1, 0.15) is 51.9 Å². The van der Waals surface area contributed by atoms with Crippen LogP contribution in [-0.4, -0.2) is 13.1 Å². The van der Waals surface area contributed by atoms with Crippen molar-refractivity contribution in [1.29, 1.82) is 0 Å². The zero-order chi connectivity index (χ0) is 9.97. The molecule has 2 saturated carbocycles. The Kier molecular flexibility index (Phi) is 3.48. The number of rotatable bonds is 5. The Morgan fingerprint density at radius 2 is 2.14 bits per heavy atom. The minimum atomic E-state index is 0.772. The lowest BCUT2D eigenvalue weighted by molar-refractivity contribution is 0.293. The summed E-state index contributed by atoms with van der Waals surface area (Å²) < 4.78 is 0. The predicted molar refractivity (Wildman–Crippen MR) is 61.3 cm³/mol. The molecule has 1 nitrogen and oxygen atoms in total. The second-order valence-electron chi connectivity index (χ2n) is 5.41. The summed E-state index contributed by atoms with van der Waals surface area (Å²) in [6, 6.07) is 0.772. The number of hydrogen-bond acceptors (Lipinski definition) is 1. The van der Waals surface area contributed by atoms with Gasteiger partial charge in [-0.3, -0.25) is 0 Å². The molecule has 0 aromatic carbocycles. The summed E-state index contributed by atoms with van der Waals surface area (Å²) in [5.74, 6) is 3.34. The molecule has 0 aromatic rings. The van der Waals surface area contributed by atoms with Gasteiger partial charge in [0.25, 0.3) is 0 Å². The van der Waals surface area contributed by atoms with E-state index in [-0.39, 0.29) is 0 Å². The molecule has 0 amide bonds. The van der Waals surface area contributed by atoms with Crippen LogP contribution in [0.4, 0.5) is 0 Å². The molecule has 2 rings (SSSR count). The maximum atomic E-state index is 3.42. The first-order valence-electron chi connectivity index (χ1n) is 6.50. The van der Waals surface area contributed by atoms with Crippen LogP contribution < -0.4 is 5.32 Å². The fourth-order valence-corrected chi connectivity index (χ4v) is 3.70. The van der Waals surface area contributed by atoms with E-state index in [4.69, 9.17) is 0 Å². The topological polar surface area (TPSA) is 12.0 Å². The van der Waals surface area contributed by atoms with E-state index >= 15 is 0 Å². The lowest BCUT2D eigenvalue weighted by atomic mass is 9.84. The molecule has 0 aliphatic heterocycles. The summed E-state index contributed by atoms with van der Waals surface area (Å²) >= 11 is 0. The van der Waals surface area contributed by atoms with Crippen LogP contribution in [-0.2, 0) is 0 Å². The largest absolute Gasteiger partial charge is 0.317 e. The number of fused-ring (bicyclic) bond motifs is 2. The lowest BCUT2D eigenvalue weighted by Gasteiger charge is -2.23. The maximum Gasteiger partial charge on any atom is 0.00615 e. The molecule has 2 aliphatic rings. The van der Waals surface area contributed by atoms with Crippen LogP contribution in [0, 0.1) is 17.8 Å². The van der Waals surface area contributed by atoms with Crippen molar-refractivity contribution >= 4 is 0 Å². The van der Waals surface area contributed by atoms with E-state index in [1.165, 1.54) is 19.3 Å². The molecule has 4 atom stereocenters. The highest BCUT2D eigenvalue weighted by atomic mass is 14.9. The third kappa shape index (κ3) is 2.13. The minimum Gasteiger partial charge on any atom is -0.317 e. The molecule has 4 unspecified atom stereocenters. The van der Waals surface area contributed by atoms with Gasteiger partial charge in [0, 0.05) is 6.04 Å². The average Bonchev–Trinajstić information content (AvgIpc) is 2.80. The van der Waals surface area contributed by atoms with E-state index in [1.54, 1.807) is 25.7 Å². The quantitative estimate of drug-likeness (QED) is 0.710. The molecular formula is C13H25N. The molecular weight excluding hydrogens is 170 g/mol. The predicted octanol–water partition coefficient (Wildman–Crippen LogP) is 3.20. The molecule has 0 radical (unpaired) electrons. The van der Waals surface area contributed by atoms with Gasteiger partial charge in [0.1, 0.15) is 0 Å². The van der Waals surface area contributed by atoms with Crippen molar-refractivity contribution in [1.82, 2.24) is 5.32 Å². The summed E-state index contributed by atoms with van der Waals surface area (Å²) in [7, 11) is 2.11. The summed E-state index contributed by atoms with van der Waals surface area (Å²) in [5, 5.41) is 3.42. The molecule has 0 aromatic heterocycles. The van der Waals surface area contributed by atoms with Crippen LogP contribution in [0.15, 0.2) is 0 Å². The second-order valence-corrected chi connectivity index (χ2v) is 5.41. The van der Waals surface area contributed by atoms with Crippen molar-refractivity contribution < 1.29 is 0 Å². The van der Waals surface area contributed by atoms with Crippen molar-refractivity contribution in [2.24, 2.45) is 17.8 Å². The standard InChI is InChI=1S/C13H25N/c1-3-13(14-2)7-6-12-9-10-4-5-11(12)8-10/h10-14H,3-9H2,1-2H3. The Morgan fingerprint density at radius 1 is 1.29 bits per heavy atom. The average molecular weight is 195 g/mol. The first kappa shape index (κ1) is 10.5. The molecule has 1 N–H and O–H groups in total.